The van der Waals surface area contributed by atoms with E-state index < -0.39 is 12.0 Å². The van der Waals surface area contributed by atoms with Crippen molar-refractivity contribution < 1.29 is 8.78 Å². The SMILES string of the molecule is CCCNC1(C(F)F)CCCN(C(C)C)CC1. The fourth-order valence-corrected chi connectivity index (χ4v) is 2.54. The van der Waals surface area contributed by atoms with Crippen molar-refractivity contribution in [3.05, 3.63) is 0 Å². The van der Waals surface area contributed by atoms with Crippen molar-refractivity contribution in [3.63, 3.8) is 0 Å². The van der Waals surface area contributed by atoms with E-state index in [9.17, 15) is 8.78 Å². The molecule has 0 aromatic heterocycles. The normalized spacial score (nSPS) is 27.7. The zero-order chi connectivity index (χ0) is 12.9. The number of nitrogens with zero attached hydrogens (tertiary/aromatic N) is 1. The Morgan fingerprint density at radius 2 is 1.94 bits per heavy atom. The summed E-state index contributed by atoms with van der Waals surface area (Å²) < 4.78 is 26.7. The summed E-state index contributed by atoms with van der Waals surface area (Å²) in [6.07, 6.45) is 0.652. The molecule has 0 saturated carbocycles. The quantitative estimate of drug-likeness (QED) is 0.805. The van der Waals surface area contributed by atoms with Gasteiger partial charge in [0.05, 0.1) is 5.54 Å². The van der Waals surface area contributed by atoms with E-state index in [4.69, 9.17) is 0 Å². The number of alkyl halides is 2. The monoisotopic (exact) mass is 248 g/mol. The maximum absolute atomic E-state index is 13.3. The number of hydrogen-bond donors (Lipinski definition) is 1. The Hall–Kier alpha value is -0.220. The number of nitrogens with one attached hydrogen (secondary N) is 1. The van der Waals surface area contributed by atoms with Gasteiger partial charge in [-0.3, -0.25) is 0 Å². The van der Waals surface area contributed by atoms with Crippen LogP contribution in [0.3, 0.4) is 0 Å². The van der Waals surface area contributed by atoms with Crippen LogP contribution in [-0.4, -0.2) is 42.5 Å². The molecule has 0 amide bonds. The van der Waals surface area contributed by atoms with E-state index in [0.717, 1.165) is 25.9 Å². The summed E-state index contributed by atoms with van der Waals surface area (Å²) in [7, 11) is 0. The zero-order valence-electron chi connectivity index (χ0n) is 11.3. The predicted molar refractivity (Wildman–Crippen MR) is 67.6 cm³/mol. The first-order valence-electron chi connectivity index (χ1n) is 6.79. The first-order valence-corrected chi connectivity index (χ1v) is 6.79. The van der Waals surface area contributed by atoms with Gasteiger partial charge in [-0.05, 0) is 52.6 Å². The molecule has 0 aromatic carbocycles. The van der Waals surface area contributed by atoms with E-state index in [1.165, 1.54) is 0 Å². The Bertz CT molecular complexity index is 221. The molecule has 1 rings (SSSR count). The van der Waals surface area contributed by atoms with Crippen molar-refractivity contribution in [3.8, 4) is 0 Å². The van der Waals surface area contributed by atoms with Gasteiger partial charge in [-0.1, -0.05) is 6.92 Å². The van der Waals surface area contributed by atoms with Crippen molar-refractivity contribution in [1.29, 1.82) is 0 Å². The summed E-state index contributed by atoms with van der Waals surface area (Å²) in [6.45, 7) is 8.69. The molecule has 0 radical (unpaired) electrons. The van der Waals surface area contributed by atoms with E-state index in [1.54, 1.807) is 0 Å². The average molecular weight is 248 g/mol. The Morgan fingerprint density at radius 1 is 1.24 bits per heavy atom. The summed E-state index contributed by atoms with van der Waals surface area (Å²) in [6, 6.07) is 0.453. The van der Waals surface area contributed by atoms with Crippen LogP contribution in [0.4, 0.5) is 8.78 Å². The third-order valence-electron chi connectivity index (χ3n) is 3.79. The van der Waals surface area contributed by atoms with Gasteiger partial charge in [-0.25, -0.2) is 8.78 Å². The molecule has 17 heavy (non-hydrogen) atoms. The first kappa shape index (κ1) is 14.8. The molecule has 1 N–H and O–H groups in total. The van der Waals surface area contributed by atoms with Gasteiger partial charge in [-0.2, -0.15) is 0 Å². The van der Waals surface area contributed by atoms with Gasteiger partial charge in [0.2, 0.25) is 0 Å². The Kier molecular flexibility index (Phi) is 5.80. The highest BCUT2D eigenvalue weighted by Crippen LogP contribution is 2.29. The second-order valence-corrected chi connectivity index (χ2v) is 5.37. The molecule has 1 aliphatic heterocycles. The van der Waals surface area contributed by atoms with Crippen molar-refractivity contribution in [2.75, 3.05) is 19.6 Å². The van der Waals surface area contributed by atoms with Crippen LogP contribution in [0.1, 0.15) is 46.5 Å². The summed E-state index contributed by atoms with van der Waals surface area (Å²) in [5.74, 6) is 0. The predicted octanol–water partition coefficient (Wildman–Crippen LogP) is 2.88. The third kappa shape index (κ3) is 3.88. The van der Waals surface area contributed by atoms with Crippen LogP contribution in [-0.2, 0) is 0 Å². The van der Waals surface area contributed by atoms with Gasteiger partial charge in [-0.15, -0.1) is 0 Å². The zero-order valence-corrected chi connectivity index (χ0v) is 11.3. The van der Waals surface area contributed by atoms with Gasteiger partial charge in [0.25, 0.3) is 6.43 Å². The molecule has 2 nitrogen and oxygen atoms in total. The highest BCUT2D eigenvalue weighted by atomic mass is 19.3. The van der Waals surface area contributed by atoms with Crippen LogP contribution >= 0.6 is 0 Å². The molecule has 102 valence electrons. The summed E-state index contributed by atoms with van der Waals surface area (Å²) in [5, 5.41) is 3.11. The van der Waals surface area contributed by atoms with E-state index in [2.05, 4.69) is 24.1 Å². The third-order valence-corrected chi connectivity index (χ3v) is 3.79. The number of likely N-dealkylation sites (tertiary alicyclic amines) is 1. The second kappa shape index (κ2) is 6.64. The van der Waals surface area contributed by atoms with Gasteiger partial charge < -0.3 is 10.2 Å². The molecule has 4 heteroatoms. The average Bonchev–Trinajstić information content (AvgIpc) is 2.49. The van der Waals surface area contributed by atoms with Gasteiger partial charge in [0, 0.05) is 12.6 Å². The molecule has 0 aliphatic carbocycles. The maximum Gasteiger partial charge on any atom is 0.256 e. The van der Waals surface area contributed by atoms with Crippen molar-refractivity contribution in [2.45, 2.75) is 64.5 Å². The standard InChI is InChI=1S/C13H26F2N2/c1-4-8-16-13(12(14)15)6-5-9-17(10-7-13)11(2)3/h11-12,16H,4-10H2,1-3H3. The van der Waals surface area contributed by atoms with E-state index in [0.29, 0.717) is 25.4 Å². The van der Waals surface area contributed by atoms with Crippen molar-refractivity contribution >= 4 is 0 Å². The maximum atomic E-state index is 13.3. The van der Waals surface area contributed by atoms with Crippen LogP contribution in [0.25, 0.3) is 0 Å². The van der Waals surface area contributed by atoms with Crippen LogP contribution in [0.2, 0.25) is 0 Å². The lowest BCUT2D eigenvalue weighted by Gasteiger charge is -2.33. The summed E-state index contributed by atoms with van der Waals surface area (Å²) in [4.78, 5) is 2.30. The summed E-state index contributed by atoms with van der Waals surface area (Å²) >= 11 is 0. The Labute approximate surface area is 104 Å². The largest absolute Gasteiger partial charge is 0.306 e. The lowest BCUT2D eigenvalue weighted by molar-refractivity contribution is 0.0198. The van der Waals surface area contributed by atoms with E-state index in [-0.39, 0.29) is 0 Å². The Balaban J connectivity index is 2.65. The molecule has 0 spiro atoms. The van der Waals surface area contributed by atoms with Crippen LogP contribution in [0, 0.1) is 0 Å². The fourth-order valence-electron chi connectivity index (χ4n) is 2.54. The van der Waals surface area contributed by atoms with Gasteiger partial charge in [0.1, 0.15) is 0 Å². The van der Waals surface area contributed by atoms with Gasteiger partial charge in [0.15, 0.2) is 0 Å². The minimum atomic E-state index is -2.26. The first-order chi connectivity index (χ1) is 8.02. The number of rotatable bonds is 5. The lowest BCUT2D eigenvalue weighted by Crippen LogP contribution is -2.52. The van der Waals surface area contributed by atoms with Crippen LogP contribution < -0.4 is 5.32 Å². The highest BCUT2D eigenvalue weighted by Gasteiger charge is 2.40. The minimum absolute atomic E-state index is 0.453. The van der Waals surface area contributed by atoms with Crippen molar-refractivity contribution in [2.24, 2.45) is 0 Å². The fraction of sp³-hybridized carbons (Fsp3) is 1.00. The lowest BCUT2D eigenvalue weighted by atomic mass is 9.90. The molecule has 1 unspecified atom stereocenters. The number of halogens is 2. The van der Waals surface area contributed by atoms with Crippen molar-refractivity contribution in [1.82, 2.24) is 10.2 Å². The molecular weight excluding hydrogens is 222 g/mol. The molecular formula is C13H26F2N2. The summed E-state index contributed by atoms with van der Waals surface area (Å²) in [5.41, 5.74) is -0.945. The molecule has 1 fully saturated rings. The minimum Gasteiger partial charge on any atom is -0.306 e. The second-order valence-electron chi connectivity index (χ2n) is 5.37. The van der Waals surface area contributed by atoms with E-state index >= 15 is 0 Å². The van der Waals surface area contributed by atoms with Crippen LogP contribution in [0.15, 0.2) is 0 Å². The molecule has 1 saturated heterocycles. The topological polar surface area (TPSA) is 15.3 Å². The highest BCUT2D eigenvalue weighted by molar-refractivity contribution is 4.94. The molecule has 1 atom stereocenters. The molecule has 1 aliphatic rings. The molecule has 0 aromatic rings. The molecule has 1 heterocycles. The van der Waals surface area contributed by atoms with E-state index in [1.807, 2.05) is 6.92 Å². The van der Waals surface area contributed by atoms with Gasteiger partial charge >= 0.3 is 0 Å². The number of hydrogen-bond acceptors (Lipinski definition) is 2. The Morgan fingerprint density at radius 3 is 2.47 bits per heavy atom. The molecule has 0 bridgehead atoms. The van der Waals surface area contributed by atoms with Crippen LogP contribution in [0.5, 0.6) is 0 Å². The smallest absolute Gasteiger partial charge is 0.256 e.